The number of hydrogen-bond donors (Lipinski definition) is 2. The van der Waals surface area contributed by atoms with Gasteiger partial charge in [-0.05, 0) is 26.7 Å². The Morgan fingerprint density at radius 1 is 0.889 bits per heavy atom. The molecule has 45 heavy (non-hydrogen) atoms. The van der Waals surface area contributed by atoms with E-state index in [1.165, 1.54) is 96.9 Å². The standard InChI is InChI=1S/C32H59N6O6P/c1-5-6-7-8-9-10-11-12-13-14-15-16-17-18-20-42-21-19-22-44-45(40,37-28(3)32(39)41-4)26-43-27(2)23-38-25-36-29-30(33)34-24-35-31(29)38/h24-25,27-28H,5-23,26H2,1-4H3,(H,37,40)(H2,33,34,35)/t27-,28+,45?/m1/s1. The highest BCUT2D eigenvalue weighted by Gasteiger charge is 2.30. The van der Waals surface area contributed by atoms with Crippen LogP contribution >= 0.6 is 7.52 Å². The first-order chi connectivity index (χ1) is 21.8. The van der Waals surface area contributed by atoms with Crippen LogP contribution in [0, 0.1) is 0 Å². The number of anilines is 1. The van der Waals surface area contributed by atoms with Crippen molar-refractivity contribution in [2.45, 2.75) is 136 Å². The van der Waals surface area contributed by atoms with Crippen molar-refractivity contribution in [2.24, 2.45) is 0 Å². The van der Waals surface area contributed by atoms with Gasteiger partial charge in [-0.1, -0.05) is 90.4 Å². The third-order valence-electron chi connectivity index (χ3n) is 7.73. The summed E-state index contributed by atoms with van der Waals surface area (Å²) in [5.74, 6) is -0.236. The lowest BCUT2D eigenvalue weighted by Crippen LogP contribution is -2.34. The monoisotopic (exact) mass is 654 g/mol. The van der Waals surface area contributed by atoms with Crippen LogP contribution < -0.4 is 10.8 Å². The predicted octanol–water partition coefficient (Wildman–Crippen LogP) is 7.02. The number of ether oxygens (including phenoxy) is 3. The molecule has 0 aliphatic rings. The summed E-state index contributed by atoms with van der Waals surface area (Å²) in [6, 6.07) is -0.825. The Morgan fingerprint density at radius 2 is 1.49 bits per heavy atom. The van der Waals surface area contributed by atoms with Gasteiger partial charge in [0.25, 0.3) is 7.52 Å². The van der Waals surface area contributed by atoms with E-state index in [9.17, 15) is 9.36 Å². The van der Waals surface area contributed by atoms with E-state index in [-0.39, 0.29) is 19.1 Å². The second kappa shape index (κ2) is 23.2. The zero-order valence-electron chi connectivity index (χ0n) is 28.2. The van der Waals surface area contributed by atoms with Gasteiger partial charge in [-0.3, -0.25) is 9.36 Å². The number of unbranched alkanes of at least 4 members (excludes halogenated alkanes) is 13. The number of nitrogens with zero attached hydrogens (tertiary/aromatic N) is 4. The van der Waals surface area contributed by atoms with Crippen molar-refractivity contribution in [1.29, 1.82) is 0 Å². The summed E-state index contributed by atoms with van der Waals surface area (Å²) in [5.41, 5.74) is 6.97. The van der Waals surface area contributed by atoms with Crippen LogP contribution in [0.3, 0.4) is 0 Å². The number of nitrogen functional groups attached to an aromatic ring is 1. The topological polar surface area (TPSA) is 153 Å². The lowest BCUT2D eigenvalue weighted by molar-refractivity contribution is -0.142. The fraction of sp³-hybridized carbons (Fsp3) is 0.812. The summed E-state index contributed by atoms with van der Waals surface area (Å²) < 4.78 is 37.6. The van der Waals surface area contributed by atoms with Crippen LogP contribution in [0.4, 0.5) is 5.82 Å². The molecule has 0 radical (unpaired) electrons. The van der Waals surface area contributed by atoms with Crippen LogP contribution in [0.2, 0.25) is 0 Å². The van der Waals surface area contributed by atoms with Gasteiger partial charge in [0, 0.05) is 13.2 Å². The van der Waals surface area contributed by atoms with Crippen LogP contribution in [0.5, 0.6) is 0 Å². The van der Waals surface area contributed by atoms with E-state index in [1.54, 1.807) is 17.8 Å². The molecule has 2 aromatic heterocycles. The minimum atomic E-state index is -3.53. The molecular formula is C32H59N6O6P. The maximum Gasteiger partial charge on any atom is 0.323 e. The quantitative estimate of drug-likeness (QED) is 0.0553. The second-order valence-corrected chi connectivity index (χ2v) is 14.0. The number of esters is 1. The number of aromatic nitrogens is 4. The molecule has 1 unspecified atom stereocenters. The van der Waals surface area contributed by atoms with Crippen LogP contribution in [0.25, 0.3) is 11.2 Å². The van der Waals surface area contributed by atoms with Crippen LogP contribution in [0.15, 0.2) is 12.7 Å². The minimum Gasteiger partial charge on any atom is -0.468 e. The molecule has 2 rings (SSSR count). The molecule has 3 N–H and O–H groups in total. The highest BCUT2D eigenvalue weighted by atomic mass is 31.2. The van der Waals surface area contributed by atoms with E-state index in [2.05, 4.69) is 27.0 Å². The Hall–Kier alpha value is -2.11. The van der Waals surface area contributed by atoms with Crippen molar-refractivity contribution < 1.29 is 28.1 Å². The number of carbonyl (C=O) groups excluding carboxylic acids is 1. The van der Waals surface area contributed by atoms with E-state index < -0.39 is 19.5 Å². The zero-order valence-corrected chi connectivity index (χ0v) is 29.1. The second-order valence-electron chi connectivity index (χ2n) is 11.9. The summed E-state index contributed by atoms with van der Waals surface area (Å²) in [4.78, 5) is 24.4. The number of imidazole rings is 1. The van der Waals surface area contributed by atoms with Crippen molar-refractivity contribution in [3.05, 3.63) is 12.7 Å². The van der Waals surface area contributed by atoms with Crippen LogP contribution in [-0.2, 0) is 34.6 Å². The first-order valence-corrected chi connectivity index (χ1v) is 18.8. The van der Waals surface area contributed by atoms with Gasteiger partial charge >= 0.3 is 5.97 Å². The van der Waals surface area contributed by atoms with E-state index in [4.69, 9.17) is 24.5 Å². The molecule has 258 valence electrons. The first kappa shape index (κ1) is 39.1. The van der Waals surface area contributed by atoms with Gasteiger partial charge in [-0.25, -0.2) is 20.0 Å². The van der Waals surface area contributed by atoms with Gasteiger partial charge in [-0.15, -0.1) is 0 Å². The SMILES string of the molecule is CCCCCCCCCCCCCCCCOCCCOP(=O)(CO[C@H](C)Cn1cnc2c(N)ncnc21)N[C@@H](C)C(=O)OC. The molecule has 0 saturated carbocycles. The zero-order chi connectivity index (χ0) is 32.8. The molecule has 12 nitrogen and oxygen atoms in total. The minimum absolute atomic E-state index is 0.205. The van der Waals surface area contributed by atoms with Gasteiger partial charge in [-0.2, -0.15) is 0 Å². The number of methoxy groups -OCH3 is 1. The highest BCUT2D eigenvalue weighted by molar-refractivity contribution is 7.56. The summed E-state index contributed by atoms with van der Waals surface area (Å²) in [6.45, 7) is 7.52. The smallest absolute Gasteiger partial charge is 0.323 e. The van der Waals surface area contributed by atoms with Crippen molar-refractivity contribution >= 4 is 30.5 Å². The Balaban J connectivity index is 1.59. The van der Waals surface area contributed by atoms with E-state index in [1.807, 2.05) is 6.92 Å². The lowest BCUT2D eigenvalue weighted by Gasteiger charge is -2.24. The summed E-state index contributed by atoms with van der Waals surface area (Å²) in [5, 5.41) is 2.79. The Kier molecular flexibility index (Phi) is 20.2. The third kappa shape index (κ3) is 16.3. The molecule has 0 bridgehead atoms. The van der Waals surface area contributed by atoms with Gasteiger partial charge in [0.15, 0.2) is 11.5 Å². The molecule has 2 heterocycles. The average Bonchev–Trinajstić information content (AvgIpc) is 3.44. The van der Waals surface area contributed by atoms with E-state index >= 15 is 0 Å². The number of hydrogen-bond acceptors (Lipinski definition) is 10. The van der Waals surface area contributed by atoms with Crippen LogP contribution in [-0.4, -0.2) is 70.9 Å². The molecule has 0 saturated heterocycles. The molecule has 0 fully saturated rings. The van der Waals surface area contributed by atoms with Crippen LogP contribution in [0.1, 0.15) is 117 Å². The van der Waals surface area contributed by atoms with Crippen molar-refractivity contribution in [2.75, 3.05) is 39.0 Å². The predicted molar refractivity (Wildman–Crippen MR) is 179 cm³/mol. The number of fused-ring (bicyclic) bond motifs is 1. The third-order valence-corrected chi connectivity index (χ3v) is 9.60. The maximum atomic E-state index is 13.6. The first-order valence-electron chi connectivity index (χ1n) is 17.0. The van der Waals surface area contributed by atoms with Crippen molar-refractivity contribution in [1.82, 2.24) is 24.6 Å². The Bertz CT molecular complexity index is 1120. The maximum absolute atomic E-state index is 13.6. The fourth-order valence-electron chi connectivity index (χ4n) is 5.10. The molecule has 2 aromatic rings. The number of nitrogens with two attached hydrogens (primary N) is 1. The largest absolute Gasteiger partial charge is 0.468 e. The molecular weight excluding hydrogens is 595 g/mol. The van der Waals surface area contributed by atoms with Crippen molar-refractivity contribution in [3.8, 4) is 0 Å². The molecule has 0 aromatic carbocycles. The number of rotatable bonds is 28. The number of carbonyl (C=O) groups is 1. The molecule has 0 aliphatic carbocycles. The average molecular weight is 655 g/mol. The molecule has 0 amide bonds. The fourth-order valence-corrected chi connectivity index (χ4v) is 6.89. The summed E-state index contributed by atoms with van der Waals surface area (Å²) in [6.07, 6.45) is 21.6. The Morgan fingerprint density at radius 3 is 2.11 bits per heavy atom. The molecule has 0 spiro atoms. The molecule has 0 aliphatic heterocycles. The van der Waals surface area contributed by atoms with Gasteiger partial charge in [0.1, 0.15) is 24.2 Å². The molecule has 13 heteroatoms. The van der Waals surface area contributed by atoms with E-state index in [0.29, 0.717) is 43.2 Å². The van der Waals surface area contributed by atoms with Gasteiger partial charge in [0.05, 0.1) is 32.7 Å². The Labute approximate surface area is 270 Å². The lowest BCUT2D eigenvalue weighted by atomic mass is 10.0. The van der Waals surface area contributed by atoms with E-state index in [0.717, 1.165) is 6.42 Å². The normalized spacial score (nSPS) is 14.4. The molecule has 3 atom stereocenters. The number of nitrogens with one attached hydrogen (secondary N) is 1. The highest BCUT2D eigenvalue weighted by Crippen LogP contribution is 2.43. The van der Waals surface area contributed by atoms with Gasteiger partial charge in [0.2, 0.25) is 0 Å². The van der Waals surface area contributed by atoms with Crippen molar-refractivity contribution in [3.63, 3.8) is 0 Å². The van der Waals surface area contributed by atoms with Gasteiger partial charge < -0.3 is 29.0 Å². The summed E-state index contributed by atoms with van der Waals surface area (Å²) >= 11 is 0. The summed E-state index contributed by atoms with van der Waals surface area (Å²) in [7, 11) is -2.25.